The largest absolute Gasteiger partial charge is 0.242 e. The molecule has 0 fully saturated rings. The molecule has 0 unspecified atom stereocenters. The van der Waals surface area contributed by atoms with Gasteiger partial charge in [0.1, 0.15) is 0 Å². The van der Waals surface area contributed by atoms with Crippen LogP contribution in [0.15, 0.2) is 48.5 Å². The lowest BCUT2D eigenvalue weighted by atomic mass is 9.86. The average molecular weight is 488 g/mol. The van der Waals surface area contributed by atoms with Crippen molar-refractivity contribution in [2.24, 2.45) is 0 Å². The molecule has 0 aromatic heterocycles. The molecule has 0 amide bonds. The van der Waals surface area contributed by atoms with Gasteiger partial charge in [-0.2, -0.15) is 0 Å². The average Bonchev–Trinajstić information content (AvgIpc) is 2.63. The second kappa shape index (κ2) is 9.92. The van der Waals surface area contributed by atoms with Gasteiger partial charge in [0.05, 0.1) is 21.8 Å². The molecule has 4 heteroatoms. The van der Waals surface area contributed by atoms with Crippen LogP contribution >= 0.6 is 7.92 Å². The molecule has 0 heterocycles. The first-order valence-electron chi connectivity index (χ1n) is 12.0. The summed E-state index contributed by atoms with van der Waals surface area (Å²) in [7, 11) is -1.70. The maximum Gasteiger partial charge on any atom is 0.0979 e. The summed E-state index contributed by atoms with van der Waals surface area (Å²) in [6.45, 7) is 26.9. The molecule has 0 aliphatic carbocycles. The summed E-state index contributed by atoms with van der Waals surface area (Å²) in [5.74, 6) is 0. The van der Waals surface area contributed by atoms with Crippen LogP contribution in [-0.4, -0.2) is 19.3 Å². The van der Waals surface area contributed by atoms with Crippen molar-refractivity contribution in [2.45, 2.75) is 110 Å². The fourth-order valence-electron chi connectivity index (χ4n) is 4.43. The molecule has 2 aromatic carbocycles. The molecule has 0 radical (unpaired) electrons. The van der Waals surface area contributed by atoms with Crippen molar-refractivity contribution in [3.05, 3.63) is 65.2 Å². The Morgan fingerprint density at radius 2 is 1.21 bits per heavy atom. The second-order valence-electron chi connectivity index (χ2n) is 13.0. The number of nitrogens with one attached hydrogen (secondary N) is 1. The van der Waals surface area contributed by atoms with E-state index in [0.29, 0.717) is 0 Å². The van der Waals surface area contributed by atoms with Gasteiger partial charge >= 0.3 is 0 Å². The molecule has 1 N–H and O–H groups in total. The van der Waals surface area contributed by atoms with E-state index >= 15 is 0 Å². The molecule has 0 saturated carbocycles. The summed E-state index contributed by atoms with van der Waals surface area (Å²) >= 11 is 0. The van der Waals surface area contributed by atoms with Crippen molar-refractivity contribution >= 4 is 24.2 Å². The van der Waals surface area contributed by atoms with Crippen LogP contribution in [0.3, 0.4) is 0 Å². The van der Waals surface area contributed by atoms with Gasteiger partial charge in [0, 0.05) is 0 Å². The van der Waals surface area contributed by atoms with Crippen molar-refractivity contribution in [3.63, 3.8) is 0 Å². The van der Waals surface area contributed by atoms with Gasteiger partial charge < -0.3 is 0 Å². The third-order valence-corrected chi connectivity index (χ3v) is 10.9. The lowest BCUT2D eigenvalue weighted by molar-refractivity contribution is 0.589. The summed E-state index contributed by atoms with van der Waals surface area (Å²) in [6, 6.07) is 17.6. The van der Waals surface area contributed by atoms with E-state index in [1.54, 1.807) is 0 Å². The van der Waals surface area contributed by atoms with Crippen LogP contribution in [-0.2, 0) is 16.4 Å². The van der Waals surface area contributed by atoms with Crippen LogP contribution in [0.1, 0.15) is 106 Å². The van der Waals surface area contributed by atoms with Crippen molar-refractivity contribution in [1.82, 2.24) is 4.72 Å². The summed E-state index contributed by atoms with van der Waals surface area (Å²) in [4.78, 5) is 0. The molecule has 33 heavy (non-hydrogen) atoms. The standard InChI is InChI=1S/C29H46NOPS/c1-26(2,3)22-19-17-21(18-20-22)25(30-33(31)29(10,11)12)23-15-13-14-16-24(23)32(27(4,5)6)28(7,8)9/h13-20,25,30H,1-12H3/t25-,33-/m1/s1. The highest BCUT2D eigenvalue weighted by atomic mass is 32.2. The van der Waals surface area contributed by atoms with Crippen LogP contribution in [0.25, 0.3) is 0 Å². The Labute approximate surface area is 207 Å². The topological polar surface area (TPSA) is 29.1 Å². The highest BCUT2D eigenvalue weighted by Gasteiger charge is 2.38. The molecule has 2 aromatic rings. The van der Waals surface area contributed by atoms with Crippen molar-refractivity contribution < 1.29 is 4.21 Å². The van der Waals surface area contributed by atoms with Crippen LogP contribution in [0.4, 0.5) is 0 Å². The molecule has 184 valence electrons. The molecule has 2 rings (SSSR count). The van der Waals surface area contributed by atoms with Gasteiger partial charge in [-0.25, -0.2) is 8.93 Å². The number of benzene rings is 2. The zero-order valence-electron chi connectivity index (χ0n) is 23.0. The Bertz CT molecular complexity index is 939. The van der Waals surface area contributed by atoms with Crippen LogP contribution in [0.2, 0.25) is 0 Å². The summed E-state index contributed by atoms with van der Waals surface area (Å²) in [6.07, 6.45) is 0. The first-order valence-corrected chi connectivity index (χ1v) is 14.5. The second-order valence-corrected chi connectivity index (χ2v) is 18.9. The third-order valence-electron chi connectivity index (χ3n) is 5.72. The normalized spacial score (nSPS) is 15.5. The van der Waals surface area contributed by atoms with Crippen molar-refractivity contribution in [1.29, 1.82) is 0 Å². The van der Waals surface area contributed by atoms with Gasteiger partial charge in [-0.1, -0.05) is 119 Å². The molecule has 2 atom stereocenters. The van der Waals surface area contributed by atoms with Gasteiger partial charge in [-0.3, -0.25) is 0 Å². The number of hydrogen-bond donors (Lipinski definition) is 1. The number of rotatable bonds is 5. The van der Waals surface area contributed by atoms with E-state index in [1.807, 2.05) is 20.8 Å². The van der Waals surface area contributed by atoms with E-state index in [1.165, 1.54) is 16.4 Å². The zero-order chi connectivity index (χ0) is 25.4. The molecule has 2 nitrogen and oxygen atoms in total. The van der Waals surface area contributed by atoms with Crippen LogP contribution < -0.4 is 10.0 Å². The number of hydrogen-bond acceptors (Lipinski definition) is 1. The van der Waals surface area contributed by atoms with Gasteiger partial charge in [0.2, 0.25) is 0 Å². The van der Waals surface area contributed by atoms with Gasteiger partial charge in [0.15, 0.2) is 0 Å². The molecule has 0 aliphatic heterocycles. The Morgan fingerprint density at radius 1 is 0.727 bits per heavy atom. The predicted molar refractivity (Wildman–Crippen MR) is 151 cm³/mol. The lowest BCUT2D eigenvalue weighted by Crippen LogP contribution is -2.39. The fourth-order valence-corrected chi connectivity index (χ4v) is 9.42. The Hall–Kier alpha value is -1.02. The van der Waals surface area contributed by atoms with Crippen molar-refractivity contribution in [2.75, 3.05) is 0 Å². The van der Waals surface area contributed by atoms with Crippen molar-refractivity contribution in [3.8, 4) is 0 Å². The summed E-state index contributed by atoms with van der Waals surface area (Å²) in [5, 5.41) is 1.69. The van der Waals surface area contributed by atoms with Gasteiger partial charge in [-0.15, -0.1) is 0 Å². The van der Waals surface area contributed by atoms with E-state index in [4.69, 9.17) is 0 Å². The van der Waals surface area contributed by atoms with E-state index in [0.717, 1.165) is 5.56 Å². The minimum absolute atomic E-state index is 0.0976. The van der Waals surface area contributed by atoms with Gasteiger partial charge in [0.25, 0.3) is 0 Å². The van der Waals surface area contributed by atoms with E-state index in [-0.39, 0.29) is 26.5 Å². The molecule has 0 bridgehead atoms. The Morgan fingerprint density at radius 3 is 1.64 bits per heavy atom. The molecular formula is C29H46NOPS. The van der Waals surface area contributed by atoms with Crippen LogP contribution in [0.5, 0.6) is 0 Å². The molecule has 0 saturated heterocycles. The van der Waals surface area contributed by atoms with Gasteiger partial charge in [-0.05, 0) is 58.5 Å². The van der Waals surface area contributed by atoms with E-state index in [9.17, 15) is 4.21 Å². The minimum atomic E-state index is -1.20. The highest BCUT2D eigenvalue weighted by Crippen LogP contribution is 2.59. The third kappa shape index (κ3) is 7.23. The van der Waals surface area contributed by atoms with Crippen LogP contribution in [0, 0.1) is 0 Å². The Balaban J connectivity index is 2.72. The highest BCUT2D eigenvalue weighted by molar-refractivity contribution is 7.84. The quantitative estimate of drug-likeness (QED) is 0.428. The maximum absolute atomic E-state index is 13.3. The fraction of sp³-hybridized carbons (Fsp3) is 0.586. The summed E-state index contributed by atoms with van der Waals surface area (Å²) < 4.78 is 16.5. The predicted octanol–water partition coefficient (Wildman–Crippen LogP) is 7.83. The minimum Gasteiger partial charge on any atom is -0.242 e. The Kier molecular flexibility index (Phi) is 8.48. The molecular weight excluding hydrogens is 441 g/mol. The molecule has 0 aliphatic rings. The first-order chi connectivity index (χ1) is 14.8. The molecule has 0 spiro atoms. The summed E-state index contributed by atoms with van der Waals surface area (Å²) in [5.41, 5.74) is 3.81. The lowest BCUT2D eigenvalue weighted by Gasteiger charge is -2.43. The maximum atomic E-state index is 13.3. The monoisotopic (exact) mass is 487 g/mol. The van der Waals surface area contributed by atoms with E-state index in [2.05, 4.69) is 116 Å². The smallest absolute Gasteiger partial charge is 0.0979 e. The zero-order valence-corrected chi connectivity index (χ0v) is 24.7. The van der Waals surface area contributed by atoms with E-state index < -0.39 is 18.9 Å². The first kappa shape index (κ1) is 28.2. The SMILES string of the molecule is CC(C)(C)c1ccc([C@@H](N[S@](=O)C(C)(C)C)c2ccccc2P(C(C)(C)C)C(C)(C)C)cc1.